The van der Waals surface area contributed by atoms with Gasteiger partial charge in [-0.05, 0) is 44.2 Å². The van der Waals surface area contributed by atoms with Gasteiger partial charge in [0.05, 0.1) is 5.56 Å². The predicted molar refractivity (Wildman–Crippen MR) is 103 cm³/mol. The predicted octanol–water partition coefficient (Wildman–Crippen LogP) is 3.43. The molecule has 2 aromatic carbocycles. The van der Waals surface area contributed by atoms with Crippen molar-refractivity contribution in [1.29, 1.82) is 0 Å². The monoisotopic (exact) mass is 354 g/mol. The van der Waals surface area contributed by atoms with Gasteiger partial charge in [-0.25, -0.2) is 4.79 Å². The van der Waals surface area contributed by atoms with Crippen molar-refractivity contribution < 1.29 is 14.3 Å². The molecular formula is C21H26N2O3. The molecule has 1 aliphatic heterocycles. The average molecular weight is 354 g/mol. The Hall–Kier alpha value is -2.53. The maximum atomic E-state index is 12.6. The molecule has 0 amide bonds. The highest BCUT2D eigenvalue weighted by Gasteiger charge is 2.22. The van der Waals surface area contributed by atoms with Gasteiger partial charge in [-0.3, -0.25) is 0 Å². The largest absolute Gasteiger partial charge is 0.492 e. The molecule has 0 bridgehead atoms. The van der Waals surface area contributed by atoms with Crippen LogP contribution in [0.4, 0.5) is 5.69 Å². The zero-order chi connectivity index (χ0) is 18.2. The van der Waals surface area contributed by atoms with Gasteiger partial charge >= 0.3 is 5.97 Å². The average Bonchev–Trinajstić information content (AvgIpc) is 2.68. The van der Waals surface area contributed by atoms with E-state index in [1.165, 1.54) is 0 Å². The lowest BCUT2D eigenvalue weighted by atomic mass is 10.1. The molecule has 0 spiro atoms. The molecule has 0 radical (unpaired) electrons. The van der Waals surface area contributed by atoms with E-state index in [9.17, 15) is 4.79 Å². The normalized spacial score (nSPS) is 15.4. The minimum Gasteiger partial charge on any atom is -0.492 e. The number of hydrogen-bond acceptors (Lipinski definition) is 5. The molecule has 26 heavy (non-hydrogen) atoms. The second kappa shape index (κ2) is 9.25. The molecule has 0 unspecified atom stereocenters. The lowest BCUT2D eigenvalue weighted by molar-refractivity contribution is 0.0140. The SMILES string of the molecule is CN1CCC(OC(=O)c2ccccc2NCCOc2ccccc2)CC1. The lowest BCUT2D eigenvalue weighted by Gasteiger charge is -2.28. The highest BCUT2D eigenvalue weighted by atomic mass is 16.5. The second-order valence-electron chi connectivity index (χ2n) is 6.54. The van der Waals surface area contributed by atoms with Crippen LogP contribution in [0.15, 0.2) is 54.6 Å². The summed E-state index contributed by atoms with van der Waals surface area (Å²) in [5.74, 6) is 0.580. The first-order valence-electron chi connectivity index (χ1n) is 9.12. The molecule has 3 rings (SSSR count). The smallest absolute Gasteiger partial charge is 0.340 e. The third kappa shape index (κ3) is 5.23. The zero-order valence-electron chi connectivity index (χ0n) is 15.2. The summed E-state index contributed by atoms with van der Waals surface area (Å²) < 4.78 is 11.4. The van der Waals surface area contributed by atoms with Crippen molar-refractivity contribution in [2.45, 2.75) is 18.9 Å². The van der Waals surface area contributed by atoms with Crippen molar-refractivity contribution in [3.05, 3.63) is 60.2 Å². The molecule has 0 aliphatic carbocycles. The number of benzene rings is 2. The van der Waals surface area contributed by atoms with Crippen LogP contribution in [0.5, 0.6) is 5.75 Å². The van der Waals surface area contributed by atoms with E-state index in [1.807, 2.05) is 48.5 Å². The topological polar surface area (TPSA) is 50.8 Å². The number of carbonyl (C=O) groups excluding carboxylic acids is 1. The van der Waals surface area contributed by atoms with Gasteiger partial charge in [0.25, 0.3) is 0 Å². The number of anilines is 1. The van der Waals surface area contributed by atoms with Crippen molar-refractivity contribution in [2.75, 3.05) is 38.6 Å². The third-order valence-electron chi connectivity index (χ3n) is 4.52. The van der Waals surface area contributed by atoms with E-state index < -0.39 is 0 Å². The molecule has 5 heteroatoms. The number of ether oxygens (including phenoxy) is 2. The first-order chi connectivity index (χ1) is 12.7. The van der Waals surface area contributed by atoms with Crippen LogP contribution in [-0.4, -0.2) is 50.3 Å². The van der Waals surface area contributed by atoms with Crippen LogP contribution in [-0.2, 0) is 4.74 Å². The maximum absolute atomic E-state index is 12.6. The van der Waals surface area contributed by atoms with Crippen LogP contribution in [0.1, 0.15) is 23.2 Å². The molecule has 5 nitrogen and oxygen atoms in total. The number of carbonyl (C=O) groups is 1. The summed E-state index contributed by atoms with van der Waals surface area (Å²) in [5.41, 5.74) is 1.35. The third-order valence-corrected chi connectivity index (χ3v) is 4.52. The van der Waals surface area contributed by atoms with E-state index >= 15 is 0 Å². The Morgan fingerprint density at radius 1 is 1.08 bits per heavy atom. The summed E-state index contributed by atoms with van der Waals surface area (Å²) in [6.45, 7) is 3.05. The van der Waals surface area contributed by atoms with Crippen molar-refractivity contribution in [3.63, 3.8) is 0 Å². The van der Waals surface area contributed by atoms with Crippen molar-refractivity contribution in [1.82, 2.24) is 4.90 Å². The summed E-state index contributed by atoms with van der Waals surface area (Å²) in [4.78, 5) is 14.8. The molecule has 1 heterocycles. The number of nitrogens with zero attached hydrogens (tertiary/aromatic N) is 1. The number of nitrogens with one attached hydrogen (secondary N) is 1. The Kier molecular flexibility index (Phi) is 6.50. The van der Waals surface area contributed by atoms with Crippen LogP contribution in [0, 0.1) is 0 Å². The molecule has 2 aromatic rings. The quantitative estimate of drug-likeness (QED) is 0.610. The van der Waals surface area contributed by atoms with Crippen LogP contribution < -0.4 is 10.1 Å². The minimum absolute atomic E-state index is 0.00756. The molecule has 0 atom stereocenters. The Labute approximate surface area is 154 Å². The second-order valence-corrected chi connectivity index (χ2v) is 6.54. The van der Waals surface area contributed by atoms with Crippen LogP contribution in [0.25, 0.3) is 0 Å². The fraction of sp³-hybridized carbons (Fsp3) is 0.381. The molecule has 138 valence electrons. The van der Waals surface area contributed by atoms with Gasteiger partial charge in [-0.1, -0.05) is 30.3 Å². The maximum Gasteiger partial charge on any atom is 0.340 e. The van der Waals surface area contributed by atoms with Crippen LogP contribution in [0.3, 0.4) is 0 Å². The highest BCUT2D eigenvalue weighted by molar-refractivity contribution is 5.95. The summed E-state index contributed by atoms with van der Waals surface area (Å²) in [6.07, 6.45) is 1.79. The number of para-hydroxylation sites is 2. The van der Waals surface area contributed by atoms with Gasteiger partial charge in [-0.2, -0.15) is 0 Å². The van der Waals surface area contributed by atoms with Gasteiger partial charge in [0.15, 0.2) is 0 Å². The Bertz CT molecular complexity index is 697. The first-order valence-corrected chi connectivity index (χ1v) is 9.12. The molecule has 0 aromatic heterocycles. The van der Waals surface area contributed by atoms with Crippen molar-refractivity contribution in [3.8, 4) is 5.75 Å². The molecule has 1 saturated heterocycles. The van der Waals surface area contributed by atoms with Crippen LogP contribution in [0.2, 0.25) is 0 Å². The standard InChI is InChI=1S/C21H26N2O3/c1-23-14-11-18(12-15-23)26-21(24)19-9-5-6-10-20(19)22-13-16-25-17-7-3-2-4-8-17/h2-10,18,22H,11-16H2,1H3. The minimum atomic E-state index is -0.258. The molecule has 1 N–H and O–H groups in total. The van der Waals surface area contributed by atoms with E-state index in [1.54, 1.807) is 6.07 Å². The van der Waals surface area contributed by atoms with E-state index in [-0.39, 0.29) is 12.1 Å². The summed E-state index contributed by atoms with van der Waals surface area (Å²) in [7, 11) is 2.09. The summed E-state index contributed by atoms with van der Waals surface area (Å²) >= 11 is 0. The molecule has 0 saturated carbocycles. The van der Waals surface area contributed by atoms with Gasteiger partial charge in [-0.15, -0.1) is 0 Å². The summed E-state index contributed by atoms with van der Waals surface area (Å²) in [6, 6.07) is 17.2. The summed E-state index contributed by atoms with van der Waals surface area (Å²) in [5, 5.41) is 3.27. The molecule has 1 aliphatic rings. The van der Waals surface area contributed by atoms with Gasteiger partial charge in [0.2, 0.25) is 0 Å². The van der Waals surface area contributed by atoms with E-state index in [2.05, 4.69) is 17.3 Å². The van der Waals surface area contributed by atoms with Gasteiger partial charge in [0, 0.05) is 25.3 Å². The van der Waals surface area contributed by atoms with Gasteiger partial charge in [0.1, 0.15) is 18.5 Å². The Balaban J connectivity index is 1.51. The Morgan fingerprint density at radius 2 is 1.77 bits per heavy atom. The fourth-order valence-corrected chi connectivity index (χ4v) is 3.00. The number of likely N-dealkylation sites (tertiary alicyclic amines) is 1. The van der Waals surface area contributed by atoms with Crippen molar-refractivity contribution in [2.24, 2.45) is 0 Å². The zero-order valence-corrected chi connectivity index (χ0v) is 15.2. The lowest BCUT2D eigenvalue weighted by Crippen LogP contribution is -2.35. The van der Waals surface area contributed by atoms with Crippen molar-refractivity contribution >= 4 is 11.7 Å². The fourth-order valence-electron chi connectivity index (χ4n) is 3.00. The number of rotatable bonds is 7. The number of esters is 1. The van der Waals surface area contributed by atoms with Gasteiger partial charge < -0.3 is 19.7 Å². The van der Waals surface area contributed by atoms with E-state index in [0.717, 1.165) is 37.4 Å². The Morgan fingerprint density at radius 3 is 2.54 bits per heavy atom. The molecular weight excluding hydrogens is 328 g/mol. The number of piperidine rings is 1. The van der Waals surface area contributed by atoms with E-state index in [4.69, 9.17) is 9.47 Å². The number of hydrogen-bond donors (Lipinski definition) is 1. The van der Waals surface area contributed by atoms with Crippen LogP contribution >= 0.6 is 0 Å². The first kappa shape index (κ1) is 18.3. The highest BCUT2D eigenvalue weighted by Crippen LogP contribution is 2.20. The molecule has 1 fully saturated rings. The van der Waals surface area contributed by atoms with E-state index in [0.29, 0.717) is 18.7 Å².